The smallest absolute Gasteiger partial charge is 0.258 e. The molecule has 0 aliphatic carbocycles. The molecule has 0 bridgehead atoms. The van der Waals surface area contributed by atoms with Crippen molar-refractivity contribution in [2.45, 2.75) is 0 Å². The first-order valence-corrected chi connectivity index (χ1v) is 5.39. The van der Waals surface area contributed by atoms with Crippen LogP contribution in [0.25, 0.3) is 23.0 Å². The van der Waals surface area contributed by atoms with E-state index in [0.717, 1.165) is 0 Å². The summed E-state index contributed by atoms with van der Waals surface area (Å²) in [7, 11) is 0. The SMILES string of the molecule is Nc1cc(-c2nc(-c3cnccn3)no2)ccc1F. The molecule has 2 N–H and O–H groups in total. The molecule has 19 heavy (non-hydrogen) atoms. The third-order valence-electron chi connectivity index (χ3n) is 2.46. The molecular formula is C12H8FN5O. The number of aromatic nitrogens is 4. The lowest BCUT2D eigenvalue weighted by Crippen LogP contribution is -1.91. The summed E-state index contributed by atoms with van der Waals surface area (Å²) in [5.41, 5.74) is 6.55. The van der Waals surface area contributed by atoms with Crippen molar-refractivity contribution in [3.8, 4) is 23.0 Å². The minimum absolute atomic E-state index is 0.0248. The summed E-state index contributed by atoms with van der Waals surface area (Å²) in [5, 5.41) is 3.79. The molecule has 0 fully saturated rings. The fraction of sp³-hybridized carbons (Fsp3) is 0. The number of benzene rings is 1. The van der Waals surface area contributed by atoms with Crippen molar-refractivity contribution in [1.29, 1.82) is 0 Å². The van der Waals surface area contributed by atoms with Gasteiger partial charge in [-0.15, -0.1) is 0 Å². The highest BCUT2D eigenvalue weighted by atomic mass is 19.1. The Morgan fingerprint density at radius 2 is 2.11 bits per heavy atom. The minimum atomic E-state index is -0.489. The zero-order valence-electron chi connectivity index (χ0n) is 9.62. The van der Waals surface area contributed by atoms with E-state index >= 15 is 0 Å². The molecule has 94 valence electrons. The number of hydrogen-bond acceptors (Lipinski definition) is 6. The molecule has 2 heterocycles. The first-order valence-electron chi connectivity index (χ1n) is 5.39. The molecule has 3 rings (SSSR count). The van der Waals surface area contributed by atoms with Crippen molar-refractivity contribution in [1.82, 2.24) is 20.1 Å². The number of nitrogen functional groups attached to an aromatic ring is 1. The summed E-state index contributed by atoms with van der Waals surface area (Å²) in [4.78, 5) is 12.1. The van der Waals surface area contributed by atoms with Crippen molar-refractivity contribution in [3.63, 3.8) is 0 Å². The van der Waals surface area contributed by atoms with E-state index in [1.165, 1.54) is 30.6 Å². The highest BCUT2D eigenvalue weighted by molar-refractivity contribution is 5.61. The predicted molar refractivity (Wildman–Crippen MR) is 65.1 cm³/mol. The largest absolute Gasteiger partial charge is 0.396 e. The van der Waals surface area contributed by atoms with Gasteiger partial charge in [0.25, 0.3) is 5.89 Å². The van der Waals surface area contributed by atoms with E-state index in [-0.39, 0.29) is 11.6 Å². The van der Waals surface area contributed by atoms with E-state index in [1.807, 2.05) is 0 Å². The van der Waals surface area contributed by atoms with Gasteiger partial charge in [-0.3, -0.25) is 4.98 Å². The number of nitrogens with zero attached hydrogens (tertiary/aromatic N) is 4. The molecule has 0 aliphatic rings. The van der Waals surface area contributed by atoms with Crippen molar-refractivity contribution in [3.05, 3.63) is 42.6 Å². The van der Waals surface area contributed by atoms with Crippen LogP contribution in [0.5, 0.6) is 0 Å². The number of rotatable bonds is 2. The number of hydrogen-bond donors (Lipinski definition) is 1. The maximum Gasteiger partial charge on any atom is 0.258 e. The normalized spacial score (nSPS) is 10.6. The molecule has 2 aromatic heterocycles. The monoisotopic (exact) mass is 257 g/mol. The topological polar surface area (TPSA) is 90.7 Å². The zero-order chi connectivity index (χ0) is 13.2. The summed E-state index contributed by atoms with van der Waals surface area (Å²) in [6.45, 7) is 0. The third kappa shape index (κ3) is 2.13. The van der Waals surface area contributed by atoms with E-state index in [9.17, 15) is 4.39 Å². The second kappa shape index (κ2) is 4.45. The van der Waals surface area contributed by atoms with Crippen LogP contribution in [0.3, 0.4) is 0 Å². The highest BCUT2D eigenvalue weighted by Gasteiger charge is 2.12. The third-order valence-corrected chi connectivity index (χ3v) is 2.46. The van der Waals surface area contributed by atoms with Gasteiger partial charge in [-0.05, 0) is 18.2 Å². The van der Waals surface area contributed by atoms with Gasteiger partial charge in [0, 0.05) is 18.0 Å². The van der Waals surface area contributed by atoms with Gasteiger partial charge in [-0.25, -0.2) is 9.37 Å². The Bertz CT molecular complexity index is 713. The molecule has 1 aromatic carbocycles. The predicted octanol–water partition coefficient (Wildman–Crippen LogP) is 1.91. The van der Waals surface area contributed by atoms with Crippen molar-refractivity contribution in [2.75, 3.05) is 5.73 Å². The van der Waals surface area contributed by atoms with E-state index < -0.39 is 5.82 Å². The van der Waals surface area contributed by atoms with Crippen LogP contribution in [0.1, 0.15) is 0 Å². The highest BCUT2D eigenvalue weighted by Crippen LogP contribution is 2.23. The summed E-state index contributed by atoms with van der Waals surface area (Å²) in [5.74, 6) is 0.0655. The van der Waals surface area contributed by atoms with Crippen LogP contribution in [0.4, 0.5) is 10.1 Å². The van der Waals surface area contributed by atoms with Crippen molar-refractivity contribution >= 4 is 5.69 Å². The molecule has 3 aromatic rings. The lowest BCUT2D eigenvalue weighted by molar-refractivity contribution is 0.432. The van der Waals surface area contributed by atoms with Gasteiger partial charge < -0.3 is 10.3 Å². The van der Waals surface area contributed by atoms with Gasteiger partial charge in [-0.2, -0.15) is 4.98 Å². The lowest BCUT2D eigenvalue weighted by atomic mass is 10.2. The van der Waals surface area contributed by atoms with Crippen LogP contribution in [0, 0.1) is 5.82 Å². The first-order chi connectivity index (χ1) is 9.24. The standard InChI is InChI=1S/C12H8FN5O/c13-8-2-1-7(5-9(8)14)12-17-11(18-19-12)10-6-15-3-4-16-10/h1-6H,14H2. The lowest BCUT2D eigenvalue weighted by Gasteiger charge is -1.97. The van der Waals surface area contributed by atoms with E-state index in [0.29, 0.717) is 17.1 Å². The van der Waals surface area contributed by atoms with Gasteiger partial charge in [0.15, 0.2) is 0 Å². The summed E-state index contributed by atoms with van der Waals surface area (Å²) >= 11 is 0. The zero-order valence-corrected chi connectivity index (χ0v) is 9.62. The van der Waals surface area contributed by atoms with Crippen LogP contribution < -0.4 is 5.73 Å². The maximum atomic E-state index is 13.1. The fourth-order valence-electron chi connectivity index (χ4n) is 1.54. The van der Waals surface area contributed by atoms with Gasteiger partial charge in [0.05, 0.1) is 11.9 Å². The van der Waals surface area contributed by atoms with E-state index in [1.54, 1.807) is 6.20 Å². The van der Waals surface area contributed by atoms with Crippen LogP contribution in [0.15, 0.2) is 41.3 Å². The van der Waals surface area contributed by atoms with Gasteiger partial charge in [-0.1, -0.05) is 5.16 Å². The molecular weight excluding hydrogens is 249 g/mol. The molecule has 0 unspecified atom stereocenters. The summed E-state index contributed by atoms with van der Waals surface area (Å²) < 4.78 is 18.2. The van der Waals surface area contributed by atoms with Crippen molar-refractivity contribution in [2.24, 2.45) is 0 Å². The minimum Gasteiger partial charge on any atom is -0.396 e. The number of halogens is 1. The quantitative estimate of drug-likeness (QED) is 0.705. The van der Waals surface area contributed by atoms with Crippen LogP contribution >= 0.6 is 0 Å². The Morgan fingerprint density at radius 3 is 2.84 bits per heavy atom. The maximum absolute atomic E-state index is 13.1. The summed E-state index contributed by atoms with van der Waals surface area (Å²) in [6.07, 6.45) is 4.60. The molecule has 0 saturated heterocycles. The average Bonchev–Trinajstić information content (AvgIpc) is 2.93. The number of nitrogens with two attached hydrogens (primary N) is 1. The molecule has 7 heteroatoms. The Hall–Kier alpha value is -2.83. The van der Waals surface area contributed by atoms with Crippen LogP contribution in [-0.4, -0.2) is 20.1 Å². The molecule has 0 saturated carbocycles. The van der Waals surface area contributed by atoms with Crippen LogP contribution in [-0.2, 0) is 0 Å². The Kier molecular flexibility index (Phi) is 2.64. The first kappa shape index (κ1) is 11.3. The molecule has 0 amide bonds. The van der Waals surface area contributed by atoms with E-state index in [4.69, 9.17) is 10.3 Å². The van der Waals surface area contributed by atoms with Gasteiger partial charge in [0.1, 0.15) is 11.5 Å². The van der Waals surface area contributed by atoms with Gasteiger partial charge in [0.2, 0.25) is 5.82 Å². The second-order valence-electron chi connectivity index (χ2n) is 3.75. The average molecular weight is 257 g/mol. The molecule has 0 atom stereocenters. The van der Waals surface area contributed by atoms with Crippen LogP contribution in [0.2, 0.25) is 0 Å². The molecule has 0 spiro atoms. The van der Waals surface area contributed by atoms with Gasteiger partial charge >= 0.3 is 0 Å². The summed E-state index contributed by atoms with van der Waals surface area (Å²) in [6, 6.07) is 4.19. The number of anilines is 1. The van der Waals surface area contributed by atoms with E-state index in [2.05, 4.69) is 20.1 Å². The molecule has 6 nitrogen and oxygen atoms in total. The Labute approximate surface area is 107 Å². The molecule has 0 aliphatic heterocycles. The second-order valence-corrected chi connectivity index (χ2v) is 3.75. The molecule has 0 radical (unpaired) electrons. The Morgan fingerprint density at radius 1 is 1.21 bits per heavy atom. The van der Waals surface area contributed by atoms with Crippen molar-refractivity contribution < 1.29 is 8.91 Å². The Balaban J connectivity index is 1.99. The fourth-order valence-corrected chi connectivity index (χ4v) is 1.54.